The summed E-state index contributed by atoms with van der Waals surface area (Å²) in [6.07, 6.45) is 87.5. The molecule has 610 valence electrons. The van der Waals surface area contributed by atoms with E-state index in [1.807, 2.05) is 18.2 Å². The first-order valence-corrected chi connectivity index (χ1v) is 44.8. The molecule has 0 saturated carbocycles. The number of aliphatic hydroxyl groups excluding tert-OH is 1. The summed E-state index contributed by atoms with van der Waals surface area (Å²) >= 11 is 0. The molecule has 0 spiro atoms. The summed E-state index contributed by atoms with van der Waals surface area (Å²) in [5.41, 5.74) is 0. The van der Waals surface area contributed by atoms with Crippen LogP contribution in [0.15, 0.2) is 122 Å². The van der Waals surface area contributed by atoms with Gasteiger partial charge in [0.15, 0.2) is 12.2 Å². The minimum absolute atomic E-state index is 0.0285. The Morgan fingerprint density at radius 3 is 0.811 bits per heavy atom. The minimum atomic E-state index is -5.00. The lowest BCUT2D eigenvalue weighted by atomic mass is 10.0. The number of allylic oxidation sites excluding steroid dienone is 20. The maximum Gasteiger partial charge on any atom is 0.472 e. The van der Waals surface area contributed by atoms with Crippen LogP contribution in [0.4, 0.5) is 0 Å². The molecule has 5 atom stereocenters. The molecule has 17 nitrogen and oxygen atoms in total. The predicted molar refractivity (Wildman–Crippen MR) is 436 cm³/mol. The summed E-state index contributed by atoms with van der Waals surface area (Å²) in [4.78, 5) is 73.1. The van der Waals surface area contributed by atoms with Crippen LogP contribution in [0.5, 0.6) is 0 Å². The van der Waals surface area contributed by atoms with Gasteiger partial charge in [0.1, 0.15) is 19.3 Å². The van der Waals surface area contributed by atoms with Gasteiger partial charge in [-0.25, -0.2) is 9.13 Å². The van der Waals surface area contributed by atoms with E-state index in [9.17, 15) is 43.2 Å². The molecule has 0 aromatic rings. The van der Waals surface area contributed by atoms with Crippen LogP contribution >= 0.6 is 15.6 Å². The second kappa shape index (κ2) is 78.6. The number of rotatable bonds is 78. The van der Waals surface area contributed by atoms with E-state index in [4.69, 9.17) is 37.0 Å². The van der Waals surface area contributed by atoms with Crippen molar-refractivity contribution >= 4 is 39.5 Å². The molecular formula is C87H150O17P2. The largest absolute Gasteiger partial charge is 0.472 e. The highest BCUT2D eigenvalue weighted by Crippen LogP contribution is 2.45. The fourth-order valence-corrected chi connectivity index (χ4v) is 12.8. The van der Waals surface area contributed by atoms with Gasteiger partial charge in [-0.2, -0.15) is 0 Å². The average Bonchev–Trinajstić information content (AvgIpc) is 0.902. The van der Waals surface area contributed by atoms with E-state index in [0.29, 0.717) is 32.1 Å². The topological polar surface area (TPSA) is 237 Å². The standard InChI is InChI=1S/C87H150O17P2/c1-5-9-13-17-21-25-29-33-37-39-40-42-45-48-52-56-60-64-68-72-85(90)98-78-83(104-87(92)74-70-66-62-58-54-50-46-41-38-34-30-26-22-18-14-10-6-2)80-102-106(95,96)100-76-81(88)75-99-105(93,94)101-79-82(103-86(91)73-69-65-61-57-53-49-44-36-32-28-24-20-16-12-8-4)77-97-84(89)71-67-63-59-55-51-47-43-35-31-27-23-19-15-11-7-3/h9-10,13-14,21-22,25-26,33-34,37-38,40,42,46,48,50,52,60,64,81-83,88H,5-8,11-12,15-20,23-24,27-32,35-36,39,41,43-45,47,49,51,53-59,61-63,65-80H2,1-4H3,(H,93,94)(H,95,96)/b13-9-,14-10-,25-21-,26-22-,37-33-,38-34-,42-40-,50-46-,52-48-,64-60-. The number of phosphoric acid groups is 2. The fourth-order valence-electron chi connectivity index (χ4n) is 11.2. The first-order valence-electron chi connectivity index (χ1n) is 41.8. The number of phosphoric ester groups is 2. The molecule has 0 aromatic carbocycles. The Kier molecular flexibility index (Phi) is 75.2. The molecule has 0 saturated heterocycles. The van der Waals surface area contributed by atoms with Crippen molar-refractivity contribution in [3.63, 3.8) is 0 Å². The molecule has 3 N–H and O–H groups in total. The Hall–Kier alpha value is -4.54. The monoisotopic (exact) mass is 1530 g/mol. The van der Waals surface area contributed by atoms with Crippen LogP contribution in [0.1, 0.15) is 349 Å². The smallest absolute Gasteiger partial charge is 0.462 e. The summed E-state index contributed by atoms with van der Waals surface area (Å²) in [5.74, 6) is -2.28. The van der Waals surface area contributed by atoms with Gasteiger partial charge in [0.05, 0.1) is 26.4 Å². The Morgan fingerprint density at radius 1 is 0.274 bits per heavy atom. The lowest BCUT2D eigenvalue weighted by molar-refractivity contribution is -0.161. The molecule has 19 heteroatoms. The van der Waals surface area contributed by atoms with Gasteiger partial charge in [-0.3, -0.25) is 37.3 Å². The van der Waals surface area contributed by atoms with Crippen molar-refractivity contribution in [1.29, 1.82) is 0 Å². The summed E-state index contributed by atoms with van der Waals surface area (Å²) in [5, 5.41) is 10.7. The molecule has 0 fully saturated rings. The first kappa shape index (κ1) is 101. The molecule has 0 rings (SSSR count). The van der Waals surface area contributed by atoms with Gasteiger partial charge < -0.3 is 33.8 Å². The maximum atomic E-state index is 13.1. The van der Waals surface area contributed by atoms with Crippen molar-refractivity contribution in [3.8, 4) is 0 Å². The van der Waals surface area contributed by atoms with E-state index in [0.717, 1.165) is 128 Å². The summed E-state index contributed by atoms with van der Waals surface area (Å²) in [6.45, 7) is 4.59. The zero-order valence-corrected chi connectivity index (χ0v) is 68.6. The average molecular weight is 1530 g/mol. The maximum absolute atomic E-state index is 13.1. The van der Waals surface area contributed by atoms with Crippen LogP contribution in [-0.4, -0.2) is 96.7 Å². The van der Waals surface area contributed by atoms with E-state index in [-0.39, 0.29) is 25.7 Å². The molecule has 0 aromatic heterocycles. The molecule has 0 aliphatic heterocycles. The lowest BCUT2D eigenvalue weighted by Gasteiger charge is -2.21. The van der Waals surface area contributed by atoms with Gasteiger partial charge in [0, 0.05) is 25.7 Å². The number of carbonyl (C=O) groups is 4. The molecule has 0 heterocycles. The highest BCUT2D eigenvalue weighted by atomic mass is 31.2. The third-order valence-corrected chi connectivity index (χ3v) is 19.4. The number of carbonyl (C=O) groups excluding carboxylic acids is 4. The van der Waals surface area contributed by atoms with Crippen LogP contribution in [0.3, 0.4) is 0 Å². The number of hydrogen-bond acceptors (Lipinski definition) is 15. The van der Waals surface area contributed by atoms with E-state index in [2.05, 4.69) is 131 Å². The third-order valence-electron chi connectivity index (χ3n) is 17.5. The minimum Gasteiger partial charge on any atom is -0.462 e. The molecule has 106 heavy (non-hydrogen) atoms. The van der Waals surface area contributed by atoms with Gasteiger partial charge >= 0.3 is 39.5 Å². The fraction of sp³-hybridized carbons (Fsp3) is 0.724. The summed E-state index contributed by atoms with van der Waals surface area (Å²) in [6, 6.07) is 0. The molecular weight excluding hydrogens is 1380 g/mol. The molecule has 5 unspecified atom stereocenters. The van der Waals surface area contributed by atoms with Gasteiger partial charge in [-0.1, -0.05) is 342 Å². The second-order valence-corrected chi connectivity index (χ2v) is 30.6. The van der Waals surface area contributed by atoms with E-state index < -0.39 is 97.5 Å². The van der Waals surface area contributed by atoms with Crippen molar-refractivity contribution in [2.45, 2.75) is 367 Å². The number of unbranched alkanes of at least 4 members (excludes halogenated alkanes) is 32. The Bertz CT molecular complexity index is 2480. The highest BCUT2D eigenvalue weighted by molar-refractivity contribution is 7.47. The van der Waals surface area contributed by atoms with Crippen molar-refractivity contribution in [3.05, 3.63) is 122 Å². The lowest BCUT2D eigenvalue weighted by Crippen LogP contribution is -2.30. The summed E-state index contributed by atoms with van der Waals surface area (Å²) in [7, 11) is -9.99. The quantitative estimate of drug-likeness (QED) is 0.0169. The Morgan fingerprint density at radius 2 is 0.509 bits per heavy atom. The van der Waals surface area contributed by atoms with Gasteiger partial charge in [-0.05, 0) is 103 Å². The molecule has 0 radical (unpaired) electrons. The van der Waals surface area contributed by atoms with E-state index in [1.54, 1.807) is 0 Å². The van der Waals surface area contributed by atoms with Crippen molar-refractivity contribution in [2.24, 2.45) is 0 Å². The number of ether oxygens (including phenoxy) is 4. The number of hydrogen-bond donors (Lipinski definition) is 3. The van der Waals surface area contributed by atoms with Crippen molar-refractivity contribution in [2.75, 3.05) is 39.6 Å². The summed E-state index contributed by atoms with van der Waals surface area (Å²) < 4.78 is 68.7. The number of esters is 4. The second-order valence-electron chi connectivity index (χ2n) is 27.7. The highest BCUT2D eigenvalue weighted by Gasteiger charge is 2.30. The SMILES string of the molecule is CC/C=C\C/C=C\C/C=C\C/C=C\C/C=C\C/C=C\CCC(=O)OCC(COP(=O)(O)OCC(O)COP(=O)(O)OCC(COC(=O)CCCCCCCCCCCCCCCCC)OC(=O)CCCCCCCCCCCCCCCCC)OC(=O)CCCCCC/C=C\C/C=C\C/C=C\C/C=C\CC. The first-order chi connectivity index (χ1) is 51.7. The molecule has 0 bridgehead atoms. The molecule has 0 aliphatic rings. The van der Waals surface area contributed by atoms with Crippen LogP contribution in [0, 0.1) is 0 Å². The molecule has 0 aliphatic carbocycles. The van der Waals surface area contributed by atoms with Gasteiger partial charge in [0.25, 0.3) is 0 Å². The van der Waals surface area contributed by atoms with Crippen molar-refractivity contribution < 1.29 is 80.2 Å². The van der Waals surface area contributed by atoms with Crippen LogP contribution < -0.4 is 0 Å². The number of aliphatic hydroxyl groups is 1. The normalized spacial score (nSPS) is 14.4. The Balaban J connectivity index is 5.44. The predicted octanol–water partition coefficient (Wildman–Crippen LogP) is 24.7. The zero-order valence-electron chi connectivity index (χ0n) is 66.8. The van der Waals surface area contributed by atoms with Crippen molar-refractivity contribution in [1.82, 2.24) is 0 Å². The Labute approximate surface area is 644 Å². The third kappa shape index (κ3) is 77.6. The molecule has 0 amide bonds. The van der Waals surface area contributed by atoms with Crippen LogP contribution in [0.25, 0.3) is 0 Å². The van der Waals surface area contributed by atoms with E-state index in [1.165, 1.54) is 135 Å². The van der Waals surface area contributed by atoms with Gasteiger partial charge in [0.2, 0.25) is 0 Å². The van der Waals surface area contributed by atoms with Crippen LogP contribution in [-0.2, 0) is 65.4 Å². The zero-order chi connectivity index (χ0) is 77.4. The van der Waals surface area contributed by atoms with Crippen LogP contribution in [0.2, 0.25) is 0 Å². The van der Waals surface area contributed by atoms with E-state index >= 15 is 0 Å². The van der Waals surface area contributed by atoms with Gasteiger partial charge in [-0.15, -0.1) is 0 Å².